The van der Waals surface area contributed by atoms with Gasteiger partial charge in [0.2, 0.25) is 0 Å². The molecule has 0 saturated carbocycles. The molecule has 0 N–H and O–H groups in total. The second-order valence-corrected chi connectivity index (χ2v) is 3.27. The van der Waals surface area contributed by atoms with E-state index in [0.29, 0.717) is 5.76 Å². The van der Waals surface area contributed by atoms with Crippen LogP contribution in [0.3, 0.4) is 0 Å². The zero-order valence-electron chi connectivity index (χ0n) is 9.04. The summed E-state index contributed by atoms with van der Waals surface area (Å²) in [6.45, 7) is 0.213. The third kappa shape index (κ3) is 2.95. The van der Waals surface area contributed by atoms with E-state index in [1.54, 1.807) is 30.5 Å². The van der Waals surface area contributed by atoms with Crippen molar-refractivity contribution >= 4 is 5.71 Å². The molecule has 0 aliphatic heterocycles. The van der Waals surface area contributed by atoms with Crippen LogP contribution >= 0.6 is 0 Å². The van der Waals surface area contributed by atoms with E-state index in [1.807, 2.05) is 24.3 Å². The van der Waals surface area contributed by atoms with Crippen molar-refractivity contribution in [3.8, 4) is 6.07 Å². The van der Waals surface area contributed by atoms with Gasteiger partial charge in [0, 0.05) is 5.56 Å². The van der Waals surface area contributed by atoms with Gasteiger partial charge in [0.1, 0.15) is 11.8 Å². The van der Waals surface area contributed by atoms with E-state index in [2.05, 4.69) is 5.16 Å². The fourth-order valence-corrected chi connectivity index (χ4v) is 1.29. The molecule has 17 heavy (non-hydrogen) atoms. The van der Waals surface area contributed by atoms with Crippen LogP contribution in [0, 0.1) is 11.3 Å². The highest BCUT2D eigenvalue weighted by Gasteiger charge is 2.02. The zero-order chi connectivity index (χ0) is 11.9. The third-order valence-electron chi connectivity index (χ3n) is 2.10. The smallest absolute Gasteiger partial charge is 0.186 e. The highest BCUT2D eigenvalue weighted by atomic mass is 16.6. The normalized spacial score (nSPS) is 10.9. The highest BCUT2D eigenvalue weighted by molar-refractivity contribution is 6.11. The van der Waals surface area contributed by atoms with Crippen molar-refractivity contribution < 1.29 is 9.25 Å². The molecule has 4 heteroatoms. The van der Waals surface area contributed by atoms with E-state index in [4.69, 9.17) is 14.5 Å². The Morgan fingerprint density at radius 1 is 1.24 bits per heavy atom. The number of rotatable bonds is 4. The van der Waals surface area contributed by atoms with Crippen molar-refractivity contribution in [2.24, 2.45) is 5.16 Å². The SMILES string of the molecule is N#CC(=NOCc1ccco1)c1ccccc1. The minimum Gasteiger partial charge on any atom is -0.466 e. The van der Waals surface area contributed by atoms with Crippen LogP contribution in [0.15, 0.2) is 58.3 Å². The average molecular weight is 226 g/mol. The second-order valence-electron chi connectivity index (χ2n) is 3.27. The Balaban J connectivity index is 2.02. The number of benzene rings is 1. The summed E-state index contributed by atoms with van der Waals surface area (Å²) in [6.07, 6.45) is 1.56. The Kier molecular flexibility index (Phi) is 3.56. The Hall–Kier alpha value is -2.54. The molecule has 0 unspecified atom stereocenters. The van der Waals surface area contributed by atoms with Gasteiger partial charge in [-0.2, -0.15) is 5.26 Å². The van der Waals surface area contributed by atoms with Gasteiger partial charge in [-0.3, -0.25) is 0 Å². The maximum atomic E-state index is 8.95. The van der Waals surface area contributed by atoms with Crippen LogP contribution in [-0.4, -0.2) is 5.71 Å². The zero-order valence-corrected chi connectivity index (χ0v) is 9.04. The van der Waals surface area contributed by atoms with Gasteiger partial charge in [-0.1, -0.05) is 35.5 Å². The van der Waals surface area contributed by atoms with Gasteiger partial charge in [0.25, 0.3) is 0 Å². The van der Waals surface area contributed by atoms with E-state index in [0.717, 1.165) is 5.56 Å². The molecule has 0 bridgehead atoms. The van der Waals surface area contributed by atoms with E-state index >= 15 is 0 Å². The van der Waals surface area contributed by atoms with Crippen molar-refractivity contribution in [3.05, 3.63) is 60.1 Å². The quantitative estimate of drug-likeness (QED) is 0.595. The summed E-state index contributed by atoms with van der Waals surface area (Å²) in [7, 11) is 0. The molecule has 84 valence electrons. The first-order valence-electron chi connectivity index (χ1n) is 5.08. The summed E-state index contributed by atoms with van der Waals surface area (Å²) < 4.78 is 5.08. The van der Waals surface area contributed by atoms with Gasteiger partial charge >= 0.3 is 0 Å². The Labute approximate surface area is 98.7 Å². The van der Waals surface area contributed by atoms with Crippen LogP contribution in [0.1, 0.15) is 11.3 Å². The van der Waals surface area contributed by atoms with Gasteiger partial charge in [-0.25, -0.2) is 0 Å². The van der Waals surface area contributed by atoms with Crippen molar-refractivity contribution in [1.29, 1.82) is 5.26 Å². The molecule has 0 amide bonds. The molecule has 0 aliphatic rings. The maximum Gasteiger partial charge on any atom is 0.186 e. The first-order chi connectivity index (χ1) is 8.40. The van der Waals surface area contributed by atoms with Crippen LogP contribution in [0.2, 0.25) is 0 Å². The van der Waals surface area contributed by atoms with Crippen molar-refractivity contribution in [2.45, 2.75) is 6.61 Å². The molecule has 4 nitrogen and oxygen atoms in total. The van der Waals surface area contributed by atoms with Gasteiger partial charge in [-0.15, -0.1) is 0 Å². The maximum absolute atomic E-state index is 8.95. The lowest BCUT2D eigenvalue weighted by atomic mass is 10.1. The Bertz CT molecular complexity index is 524. The largest absolute Gasteiger partial charge is 0.466 e. The molecule has 0 spiro atoms. The highest BCUT2D eigenvalue weighted by Crippen LogP contribution is 2.04. The van der Waals surface area contributed by atoms with Crippen LogP contribution in [-0.2, 0) is 11.4 Å². The topological polar surface area (TPSA) is 58.5 Å². The molecule has 2 rings (SSSR count). The lowest BCUT2D eigenvalue weighted by Crippen LogP contribution is -1.98. The van der Waals surface area contributed by atoms with E-state index in [-0.39, 0.29) is 12.3 Å². The Morgan fingerprint density at radius 2 is 2.06 bits per heavy atom. The lowest BCUT2D eigenvalue weighted by molar-refractivity contribution is 0.115. The Morgan fingerprint density at radius 3 is 2.71 bits per heavy atom. The fraction of sp³-hybridized carbons (Fsp3) is 0.0769. The van der Waals surface area contributed by atoms with Crippen molar-refractivity contribution in [1.82, 2.24) is 0 Å². The van der Waals surface area contributed by atoms with Crippen molar-refractivity contribution in [2.75, 3.05) is 0 Å². The lowest BCUT2D eigenvalue weighted by Gasteiger charge is -1.98. The minimum absolute atomic E-state index is 0.213. The van der Waals surface area contributed by atoms with Gasteiger partial charge in [-0.05, 0) is 12.1 Å². The van der Waals surface area contributed by atoms with Crippen LogP contribution in [0.25, 0.3) is 0 Å². The van der Waals surface area contributed by atoms with Crippen LogP contribution in [0.4, 0.5) is 0 Å². The first-order valence-corrected chi connectivity index (χ1v) is 5.08. The molecule has 1 aromatic carbocycles. The van der Waals surface area contributed by atoms with E-state index in [1.165, 1.54) is 0 Å². The summed E-state index contributed by atoms with van der Waals surface area (Å²) in [5.41, 5.74) is 0.978. The molecule has 0 radical (unpaired) electrons. The van der Waals surface area contributed by atoms with Gasteiger partial charge in [0.15, 0.2) is 12.3 Å². The van der Waals surface area contributed by atoms with Crippen LogP contribution in [0.5, 0.6) is 0 Å². The standard InChI is InChI=1S/C13H10N2O2/c14-9-13(11-5-2-1-3-6-11)15-17-10-12-7-4-8-16-12/h1-8H,10H2. The van der Waals surface area contributed by atoms with Gasteiger partial charge in [0.05, 0.1) is 6.26 Å². The predicted octanol–water partition coefficient (Wildman–Crippen LogP) is 2.72. The number of nitrogens with zero attached hydrogens (tertiary/aromatic N) is 2. The molecule has 0 saturated heterocycles. The fourth-order valence-electron chi connectivity index (χ4n) is 1.29. The van der Waals surface area contributed by atoms with Crippen LogP contribution < -0.4 is 0 Å². The summed E-state index contributed by atoms with van der Waals surface area (Å²) in [4.78, 5) is 5.06. The van der Waals surface area contributed by atoms with E-state index < -0.39 is 0 Å². The molecule has 0 aliphatic carbocycles. The predicted molar refractivity (Wildman–Crippen MR) is 62.1 cm³/mol. The summed E-state index contributed by atoms with van der Waals surface area (Å²) >= 11 is 0. The number of hydrogen-bond acceptors (Lipinski definition) is 4. The summed E-state index contributed by atoms with van der Waals surface area (Å²) in [5, 5.41) is 12.7. The molecular weight excluding hydrogens is 216 g/mol. The molecule has 0 atom stereocenters. The molecule has 1 aromatic heterocycles. The summed E-state index contributed by atoms with van der Waals surface area (Å²) in [5.74, 6) is 0.666. The van der Waals surface area contributed by atoms with Gasteiger partial charge < -0.3 is 9.25 Å². The summed E-state index contributed by atoms with van der Waals surface area (Å²) in [6, 6.07) is 14.7. The number of nitriles is 1. The molecular formula is C13H10N2O2. The monoisotopic (exact) mass is 226 g/mol. The molecule has 1 heterocycles. The molecule has 0 fully saturated rings. The second kappa shape index (κ2) is 5.52. The average Bonchev–Trinajstić information content (AvgIpc) is 2.89. The minimum atomic E-state index is 0.213. The number of hydrogen-bond donors (Lipinski definition) is 0. The number of oxime groups is 1. The molecule has 2 aromatic rings. The number of furan rings is 1. The van der Waals surface area contributed by atoms with E-state index in [9.17, 15) is 0 Å². The van der Waals surface area contributed by atoms with Crippen molar-refractivity contribution in [3.63, 3.8) is 0 Å². The first kappa shape index (κ1) is 11.0. The third-order valence-corrected chi connectivity index (χ3v) is 2.10.